The van der Waals surface area contributed by atoms with Crippen LogP contribution in [-0.4, -0.2) is 37.2 Å². The van der Waals surface area contributed by atoms with E-state index in [9.17, 15) is 14.4 Å². The van der Waals surface area contributed by atoms with Gasteiger partial charge in [-0.05, 0) is 109 Å². The number of hydrogen-bond donors (Lipinski definition) is 0. The fourth-order valence-electron chi connectivity index (χ4n) is 8.20. The molecule has 0 aromatic rings. The number of carbonyl (C=O) groups is 3. The lowest BCUT2D eigenvalue weighted by atomic mass is 10.1. The van der Waals surface area contributed by atoms with Crippen molar-refractivity contribution in [1.29, 1.82) is 0 Å². The van der Waals surface area contributed by atoms with Crippen LogP contribution in [0.4, 0.5) is 0 Å². The molecule has 0 saturated carbocycles. The van der Waals surface area contributed by atoms with E-state index in [1.165, 1.54) is 83.5 Å². The Morgan fingerprint density at radius 2 is 0.527 bits per heavy atom. The quantitative estimate of drug-likeness (QED) is 0.0261. The Bertz CT molecular complexity index is 1550. The van der Waals surface area contributed by atoms with Gasteiger partial charge in [0.2, 0.25) is 0 Å². The summed E-state index contributed by atoms with van der Waals surface area (Å²) in [6, 6.07) is 0. The molecule has 0 aliphatic carbocycles. The van der Waals surface area contributed by atoms with Crippen molar-refractivity contribution < 1.29 is 28.6 Å². The van der Waals surface area contributed by atoms with Crippen molar-refractivity contribution in [2.45, 2.75) is 277 Å². The second-order valence-corrected chi connectivity index (χ2v) is 19.9. The van der Waals surface area contributed by atoms with Crippen LogP contribution in [0.25, 0.3) is 0 Å². The van der Waals surface area contributed by atoms with Crippen molar-refractivity contribution in [1.82, 2.24) is 0 Å². The number of rotatable bonds is 54. The van der Waals surface area contributed by atoms with Gasteiger partial charge in [-0.1, -0.05) is 264 Å². The third-order valence-corrected chi connectivity index (χ3v) is 12.7. The normalized spacial score (nSPS) is 13.0. The molecule has 420 valence electrons. The predicted octanol–water partition coefficient (Wildman–Crippen LogP) is 20.8. The number of allylic oxidation sites excluding steroid dienone is 20. The van der Waals surface area contributed by atoms with Crippen molar-refractivity contribution in [2.75, 3.05) is 13.2 Å². The lowest BCUT2D eigenvalue weighted by molar-refractivity contribution is -0.167. The molecule has 0 heterocycles. The summed E-state index contributed by atoms with van der Waals surface area (Å²) < 4.78 is 16.8. The Hall–Kier alpha value is -4.19. The molecule has 0 fully saturated rings. The molecule has 0 saturated heterocycles. The molecule has 0 aliphatic rings. The lowest BCUT2D eigenvalue weighted by Crippen LogP contribution is -2.30. The SMILES string of the molecule is CC/C=C\C/C=C\C/C=C\C/C=C\C/C=C\C/C=C\C/C=C\CCCCCCCCCCCC(=O)OCC(COC(=O)CCCCCCCCCCCC)OC(=O)CCCCCCC/C=C\C/C=C\C/C=C\CC. The van der Waals surface area contributed by atoms with Crippen molar-refractivity contribution in [3.8, 4) is 0 Å². The van der Waals surface area contributed by atoms with Gasteiger partial charge in [-0.15, -0.1) is 0 Å². The molecule has 0 bridgehead atoms. The smallest absolute Gasteiger partial charge is 0.306 e. The van der Waals surface area contributed by atoms with Crippen LogP contribution in [0, 0.1) is 0 Å². The summed E-state index contributed by atoms with van der Waals surface area (Å²) in [6.45, 7) is 6.38. The van der Waals surface area contributed by atoms with E-state index in [0.717, 1.165) is 148 Å². The van der Waals surface area contributed by atoms with Crippen molar-refractivity contribution in [3.05, 3.63) is 122 Å². The molecule has 0 amide bonds. The standard InChI is InChI=1S/C68H112O6/c1-4-7-10-13-16-19-22-24-26-27-28-29-30-31-32-33-34-35-36-37-38-39-40-41-43-44-46-49-52-55-58-61-67(70)73-64-65(63-72-66(69)60-57-54-51-48-21-18-15-12-9-6-3)74-68(71)62-59-56-53-50-47-45-42-25-23-20-17-14-11-8-5-2/h7-8,10-11,16-17,19-20,24-26,28-29,31-32,34-35,37-38,42,65H,4-6,9,12-15,18,21-23,27,30,33,36,39-41,43-64H2,1-3H3/b10-7-,11-8-,19-16-,20-17-,26-24-,29-28-,32-31-,35-34-,38-37-,42-25-. The number of hydrogen-bond acceptors (Lipinski definition) is 6. The van der Waals surface area contributed by atoms with Gasteiger partial charge in [0.05, 0.1) is 0 Å². The van der Waals surface area contributed by atoms with Gasteiger partial charge in [0, 0.05) is 19.3 Å². The minimum absolute atomic E-state index is 0.0867. The molecule has 0 radical (unpaired) electrons. The van der Waals surface area contributed by atoms with Crippen LogP contribution in [0.3, 0.4) is 0 Å². The van der Waals surface area contributed by atoms with Crippen LogP contribution in [0.1, 0.15) is 271 Å². The van der Waals surface area contributed by atoms with Gasteiger partial charge in [0.25, 0.3) is 0 Å². The summed E-state index contributed by atoms with van der Waals surface area (Å²) >= 11 is 0. The van der Waals surface area contributed by atoms with Crippen LogP contribution in [0.5, 0.6) is 0 Å². The monoisotopic (exact) mass is 1020 g/mol. The van der Waals surface area contributed by atoms with Crippen LogP contribution in [0.15, 0.2) is 122 Å². The van der Waals surface area contributed by atoms with Crippen LogP contribution in [-0.2, 0) is 28.6 Å². The number of carbonyl (C=O) groups excluding carboxylic acids is 3. The molecular formula is C68H112O6. The average Bonchev–Trinajstić information content (AvgIpc) is 3.40. The molecule has 0 aromatic heterocycles. The maximum atomic E-state index is 12.8. The summed E-state index contributed by atoms with van der Waals surface area (Å²) in [5.41, 5.74) is 0. The van der Waals surface area contributed by atoms with E-state index in [-0.39, 0.29) is 31.1 Å². The molecular weight excluding hydrogens is 913 g/mol. The summed E-state index contributed by atoms with van der Waals surface area (Å²) in [4.78, 5) is 38.1. The first-order valence-electron chi connectivity index (χ1n) is 30.5. The zero-order valence-electron chi connectivity index (χ0n) is 48.1. The molecule has 74 heavy (non-hydrogen) atoms. The largest absolute Gasteiger partial charge is 0.462 e. The fourth-order valence-corrected chi connectivity index (χ4v) is 8.20. The highest BCUT2D eigenvalue weighted by atomic mass is 16.6. The topological polar surface area (TPSA) is 78.9 Å². The second-order valence-electron chi connectivity index (χ2n) is 19.9. The fraction of sp³-hybridized carbons (Fsp3) is 0.662. The summed E-state index contributed by atoms with van der Waals surface area (Å²) in [6.07, 6.45) is 84.9. The van der Waals surface area contributed by atoms with Gasteiger partial charge >= 0.3 is 17.9 Å². The Kier molecular flexibility index (Phi) is 57.9. The van der Waals surface area contributed by atoms with E-state index < -0.39 is 6.10 Å². The Morgan fingerprint density at radius 3 is 0.824 bits per heavy atom. The molecule has 0 rings (SSSR count). The van der Waals surface area contributed by atoms with Gasteiger partial charge in [0.15, 0.2) is 6.10 Å². The maximum absolute atomic E-state index is 12.8. The Balaban J connectivity index is 4.23. The molecule has 6 heteroatoms. The second kappa shape index (κ2) is 61.4. The van der Waals surface area contributed by atoms with E-state index in [0.29, 0.717) is 19.3 Å². The first-order valence-corrected chi connectivity index (χ1v) is 30.5. The first-order chi connectivity index (χ1) is 36.5. The first kappa shape index (κ1) is 69.8. The molecule has 0 N–H and O–H groups in total. The molecule has 1 unspecified atom stereocenters. The third kappa shape index (κ3) is 58.7. The minimum Gasteiger partial charge on any atom is -0.462 e. The van der Waals surface area contributed by atoms with Crippen LogP contribution >= 0.6 is 0 Å². The predicted molar refractivity (Wildman–Crippen MR) is 320 cm³/mol. The van der Waals surface area contributed by atoms with E-state index in [1.807, 2.05) is 0 Å². The third-order valence-electron chi connectivity index (χ3n) is 12.7. The van der Waals surface area contributed by atoms with E-state index in [4.69, 9.17) is 14.2 Å². The molecule has 0 aromatic carbocycles. The maximum Gasteiger partial charge on any atom is 0.306 e. The highest BCUT2D eigenvalue weighted by Crippen LogP contribution is 2.15. The summed E-state index contributed by atoms with van der Waals surface area (Å²) in [7, 11) is 0. The summed E-state index contributed by atoms with van der Waals surface area (Å²) in [5.74, 6) is -0.911. The van der Waals surface area contributed by atoms with E-state index in [1.54, 1.807) is 0 Å². The summed E-state index contributed by atoms with van der Waals surface area (Å²) in [5, 5.41) is 0. The van der Waals surface area contributed by atoms with Crippen molar-refractivity contribution in [2.24, 2.45) is 0 Å². The Labute approximate surface area is 456 Å². The number of ether oxygens (including phenoxy) is 3. The average molecular weight is 1030 g/mol. The van der Waals surface area contributed by atoms with Gasteiger partial charge in [-0.2, -0.15) is 0 Å². The van der Waals surface area contributed by atoms with Crippen LogP contribution < -0.4 is 0 Å². The number of esters is 3. The minimum atomic E-state index is -0.790. The van der Waals surface area contributed by atoms with Crippen LogP contribution in [0.2, 0.25) is 0 Å². The number of unbranched alkanes of at least 4 members (excludes halogenated alkanes) is 23. The van der Waals surface area contributed by atoms with Gasteiger partial charge in [-0.25, -0.2) is 0 Å². The lowest BCUT2D eigenvalue weighted by Gasteiger charge is -2.18. The van der Waals surface area contributed by atoms with Gasteiger partial charge < -0.3 is 14.2 Å². The van der Waals surface area contributed by atoms with E-state index in [2.05, 4.69) is 142 Å². The van der Waals surface area contributed by atoms with Gasteiger partial charge in [-0.3, -0.25) is 14.4 Å². The van der Waals surface area contributed by atoms with E-state index >= 15 is 0 Å². The molecule has 0 aliphatic heterocycles. The molecule has 1 atom stereocenters. The zero-order valence-corrected chi connectivity index (χ0v) is 48.1. The van der Waals surface area contributed by atoms with Crippen molar-refractivity contribution >= 4 is 17.9 Å². The highest BCUT2D eigenvalue weighted by molar-refractivity contribution is 5.71. The van der Waals surface area contributed by atoms with Gasteiger partial charge in [0.1, 0.15) is 13.2 Å². The van der Waals surface area contributed by atoms with Crippen molar-refractivity contribution in [3.63, 3.8) is 0 Å². The molecule has 6 nitrogen and oxygen atoms in total. The molecule has 0 spiro atoms. The highest BCUT2D eigenvalue weighted by Gasteiger charge is 2.19. The Morgan fingerprint density at radius 1 is 0.284 bits per heavy atom. The zero-order chi connectivity index (χ0) is 53.6.